The lowest BCUT2D eigenvalue weighted by Gasteiger charge is -2.12. The van der Waals surface area contributed by atoms with E-state index in [1.165, 1.54) is 13.0 Å². The highest BCUT2D eigenvalue weighted by Gasteiger charge is 2.23. The van der Waals surface area contributed by atoms with Crippen LogP contribution in [-0.4, -0.2) is 30.5 Å². The van der Waals surface area contributed by atoms with E-state index in [-0.39, 0.29) is 4.90 Å². The third-order valence-electron chi connectivity index (χ3n) is 2.92. The first-order chi connectivity index (χ1) is 9.33. The monoisotopic (exact) mass is 294 g/mol. The number of hydrogen-bond acceptors (Lipinski definition) is 4. The predicted molar refractivity (Wildman–Crippen MR) is 73.9 cm³/mol. The van der Waals surface area contributed by atoms with E-state index >= 15 is 0 Å². The van der Waals surface area contributed by atoms with Gasteiger partial charge in [0.05, 0.1) is 10.4 Å². The number of carboxylic acids is 1. The van der Waals surface area contributed by atoms with E-state index in [4.69, 9.17) is 5.11 Å². The third kappa shape index (κ3) is 2.63. The number of benzene rings is 1. The molecule has 1 aromatic carbocycles. The van der Waals surface area contributed by atoms with E-state index in [0.717, 1.165) is 5.56 Å². The fraction of sp³-hybridized carbons (Fsp3) is 0.231. The standard InChI is InChI=1S/C13H14N2O4S/c1-8-5-6-11(10-4-3-7-14-12(8)10)20(18,19)15-9(2)13(16)17/h3-7,9,15H,1-2H3,(H,16,17)/t9-/m1/s1. The molecule has 2 aromatic rings. The highest BCUT2D eigenvalue weighted by molar-refractivity contribution is 7.89. The summed E-state index contributed by atoms with van der Waals surface area (Å²) in [6, 6.07) is 5.19. The molecular formula is C13H14N2O4S. The summed E-state index contributed by atoms with van der Waals surface area (Å²) in [6.07, 6.45) is 1.58. The average molecular weight is 294 g/mol. The fourth-order valence-electron chi connectivity index (χ4n) is 1.87. The number of aromatic nitrogens is 1. The minimum atomic E-state index is -3.92. The zero-order valence-corrected chi connectivity index (χ0v) is 11.8. The van der Waals surface area contributed by atoms with E-state index in [1.54, 1.807) is 24.4 Å². The maximum Gasteiger partial charge on any atom is 0.321 e. The van der Waals surface area contributed by atoms with Gasteiger partial charge in [-0.05, 0) is 37.6 Å². The molecule has 1 heterocycles. The SMILES string of the molecule is Cc1ccc(S(=O)(=O)N[C@H](C)C(=O)O)c2cccnc12. The molecule has 0 bridgehead atoms. The number of nitrogens with one attached hydrogen (secondary N) is 1. The minimum Gasteiger partial charge on any atom is -0.480 e. The maximum atomic E-state index is 12.3. The predicted octanol–water partition coefficient (Wildman–Crippen LogP) is 1.29. The number of aryl methyl sites for hydroxylation is 1. The largest absolute Gasteiger partial charge is 0.480 e. The molecule has 0 unspecified atom stereocenters. The maximum absolute atomic E-state index is 12.3. The zero-order valence-electron chi connectivity index (χ0n) is 11.0. The zero-order chi connectivity index (χ0) is 14.9. The lowest BCUT2D eigenvalue weighted by molar-refractivity contribution is -0.138. The van der Waals surface area contributed by atoms with E-state index in [1.807, 2.05) is 6.92 Å². The van der Waals surface area contributed by atoms with Crippen LogP contribution in [0.1, 0.15) is 12.5 Å². The number of pyridine rings is 1. The van der Waals surface area contributed by atoms with Gasteiger partial charge < -0.3 is 5.11 Å². The highest BCUT2D eigenvalue weighted by Crippen LogP contribution is 2.24. The second-order valence-electron chi connectivity index (χ2n) is 4.46. The Balaban J connectivity index is 2.58. The fourth-order valence-corrected chi connectivity index (χ4v) is 3.26. The molecule has 0 fully saturated rings. The first-order valence-corrected chi connectivity index (χ1v) is 7.41. The lowest BCUT2D eigenvalue weighted by atomic mass is 10.1. The molecule has 1 atom stereocenters. The molecule has 0 saturated carbocycles. The van der Waals surface area contributed by atoms with Crippen molar-refractivity contribution in [1.82, 2.24) is 9.71 Å². The molecule has 0 aliphatic heterocycles. The van der Waals surface area contributed by atoms with Gasteiger partial charge in [0.25, 0.3) is 0 Å². The number of carbonyl (C=O) groups is 1. The molecule has 0 amide bonds. The summed E-state index contributed by atoms with van der Waals surface area (Å²) in [5.74, 6) is -1.23. The first-order valence-electron chi connectivity index (χ1n) is 5.92. The smallest absolute Gasteiger partial charge is 0.321 e. The van der Waals surface area contributed by atoms with Gasteiger partial charge in [-0.15, -0.1) is 0 Å². The van der Waals surface area contributed by atoms with Crippen molar-refractivity contribution < 1.29 is 18.3 Å². The summed E-state index contributed by atoms with van der Waals surface area (Å²) in [5, 5.41) is 9.28. The van der Waals surface area contributed by atoms with Gasteiger partial charge in [-0.25, -0.2) is 8.42 Å². The van der Waals surface area contributed by atoms with Gasteiger partial charge in [-0.2, -0.15) is 4.72 Å². The molecule has 0 saturated heterocycles. The molecule has 0 aliphatic carbocycles. The quantitative estimate of drug-likeness (QED) is 0.886. The van der Waals surface area contributed by atoms with Gasteiger partial charge in [0.15, 0.2) is 0 Å². The van der Waals surface area contributed by atoms with Gasteiger partial charge in [0.2, 0.25) is 10.0 Å². The Hall–Kier alpha value is -1.99. The highest BCUT2D eigenvalue weighted by atomic mass is 32.2. The summed E-state index contributed by atoms with van der Waals surface area (Å²) < 4.78 is 26.7. The lowest BCUT2D eigenvalue weighted by Crippen LogP contribution is -2.38. The second-order valence-corrected chi connectivity index (χ2v) is 6.14. The van der Waals surface area contributed by atoms with Crippen LogP contribution in [-0.2, 0) is 14.8 Å². The van der Waals surface area contributed by atoms with Crippen molar-refractivity contribution in [3.05, 3.63) is 36.0 Å². The van der Waals surface area contributed by atoms with Gasteiger partial charge in [0, 0.05) is 11.6 Å². The van der Waals surface area contributed by atoms with Crippen LogP contribution in [0.4, 0.5) is 0 Å². The molecule has 0 radical (unpaired) electrons. The Morgan fingerprint density at radius 3 is 2.70 bits per heavy atom. The molecule has 20 heavy (non-hydrogen) atoms. The molecule has 1 aromatic heterocycles. The molecule has 0 aliphatic rings. The van der Waals surface area contributed by atoms with Gasteiger partial charge >= 0.3 is 5.97 Å². The topological polar surface area (TPSA) is 96.4 Å². The van der Waals surface area contributed by atoms with E-state index in [0.29, 0.717) is 10.9 Å². The summed E-state index contributed by atoms with van der Waals surface area (Å²) in [6.45, 7) is 3.10. The van der Waals surface area contributed by atoms with E-state index in [2.05, 4.69) is 9.71 Å². The summed E-state index contributed by atoms with van der Waals surface area (Å²) in [4.78, 5) is 15.0. The van der Waals surface area contributed by atoms with Gasteiger partial charge in [0.1, 0.15) is 6.04 Å². The second kappa shape index (κ2) is 5.18. The van der Waals surface area contributed by atoms with Crippen LogP contribution in [0, 0.1) is 6.92 Å². The van der Waals surface area contributed by atoms with Gasteiger partial charge in [-0.1, -0.05) is 6.07 Å². The van der Waals surface area contributed by atoms with Crippen LogP contribution < -0.4 is 4.72 Å². The summed E-state index contributed by atoms with van der Waals surface area (Å²) >= 11 is 0. The van der Waals surface area contributed by atoms with Crippen molar-refractivity contribution in [2.75, 3.05) is 0 Å². The number of nitrogens with zero attached hydrogens (tertiary/aromatic N) is 1. The molecule has 0 spiro atoms. The average Bonchev–Trinajstić information content (AvgIpc) is 2.38. The Kier molecular flexibility index (Phi) is 3.74. The van der Waals surface area contributed by atoms with E-state index < -0.39 is 22.0 Å². The minimum absolute atomic E-state index is 0.0271. The normalized spacial score (nSPS) is 13.3. The number of carboxylic acid groups (broad SMARTS) is 1. The Morgan fingerprint density at radius 2 is 2.05 bits per heavy atom. The van der Waals surface area contributed by atoms with Crippen LogP contribution in [0.2, 0.25) is 0 Å². The molecule has 2 N–H and O–H groups in total. The Labute approximate surface area is 116 Å². The number of rotatable bonds is 4. The molecule has 6 nitrogen and oxygen atoms in total. The van der Waals surface area contributed by atoms with Crippen molar-refractivity contribution >= 4 is 26.9 Å². The summed E-state index contributed by atoms with van der Waals surface area (Å²) in [7, 11) is -3.92. The molecule has 106 valence electrons. The summed E-state index contributed by atoms with van der Waals surface area (Å²) in [5.41, 5.74) is 1.43. The van der Waals surface area contributed by atoms with Crippen LogP contribution in [0.5, 0.6) is 0 Å². The van der Waals surface area contributed by atoms with Crippen LogP contribution in [0.25, 0.3) is 10.9 Å². The van der Waals surface area contributed by atoms with E-state index in [9.17, 15) is 13.2 Å². The molecule has 2 rings (SSSR count). The molecular weight excluding hydrogens is 280 g/mol. The number of hydrogen-bond donors (Lipinski definition) is 2. The number of fused-ring (bicyclic) bond motifs is 1. The van der Waals surface area contributed by atoms with Gasteiger partial charge in [-0.3, -0.25) is 9.78 Å². The third-order valence-corrected chi connectivity index (χ3v) is 4.52. The molecule has 7 heteroatoms. The van der Waals surface area contributed by atoms with Crippen molar-refractivity contribution in [2.45, 2.75) is 24.8 Å². The van der Waals surface area contributed by atoms with Crippen molar-refractivity contribution in [3.8, 4) is 0 Å². The Bertz CT molecular complexity index is 771. The Morgan fingerprint density at radius 1 is 1.35 bits per heavy atom. The van der Waals surface area contributed by atoms with Crippen molar-refractivity contribution in [3.63, 3.8) is 0 Å². The van der Waals surface area contributed by atoms with Crippen LogP contribution >= 0.6 is 0 Å². The van der Waals surface area contributed by atoms with Crippen molar-refractivity contribution in [2.24, 2.45) is 0 Å². The van der Waals surface area contributed by atoms with Crippen LogP contribution in [0.15, 0.2) is 35.4 Å². The van der Waals surface area contributed by atoms with Crippen LogP contribution in [0.3, 0.4) is 0 Å². The number of sulfonamides is 1. The van der Waals surface area contributed by atoms with Crippen molar-refractivity contribution in [1.29, 1.82) is 0 Å². The number of aliphatic carboxylic acids is 1. The first kappa shape index (κ1) is 14.4.